The number of fused-ring (bicyclic) bond motifs is 1. The minimum Gasteiger partial charge on any atom is -0.337 e. The second-order valence-corrected chi connectivity index (χ2v) is 7.18. The van der Waals surface area contributed by atoms with Crippen LogP contribution in [0.1, 0.15) is 27.7 Å². The van der Waals surface area contributed by atoms with Gasteiger partial charge in [-0.1, -0.05) is 24.3 Å². The zero-order valence-corrected chi connectivity index (χ0v) is 15.7. The molecule has 0 bridgehead atoms. The lowest BCUT2D eigenvalue weighted by Gasteiger charge is -2.28. The quantitative estimate of drug-likeness (QED) is 0.871. The van der Waals surface area contributed by atoms with Gasteiger partial charge < -0.3 is 4.90 Å². The molecule has 1 amide bonds. The van der Waals surface area contributed by atoms with Crippen LogP contribution in [0.5, 0.6) is 0 Å². The Morgan fingerprint density at radius 1 is 1.15 bits per heavy atom. The summed E-state index contributed by atoms with van der Waals surface area (Å²) < 4.78 is 0. The summed E-state index contributed by atoms with van der Waals surface area (Å²) in [5, 5.41) is 6.23. The Bertz CT molecular complexity index is 848. The lowest BCUT2D eigenvalue weighted by atomic mass is 9.88. The van der Waals surface area contributed by atoms with Crippen molar-refractivity contribution in [1.29, 1.82) is 0 Å². The van der Waals surface area contributed by atoms with Crippen molar-refractivity contribution >= 4 is 18.3 Å². The Morgan fingerprint density at radius 3 is 2.62 bits per heavy atom. The molecule has 0 saturated carbocycles. The Balaban J connectivity index is 0.00000196. The van der Waals surface area contributed by atoms with Crippen LogP contribution in [0, 0.1) is 18.8 Å². The van der Waals surface area contributed by atoms with E-state index in [1.807, 2.05) is 4.90 Å². The van der Waals surface area contributed by atoms with Crippen molar-refractivity contribution in [3.05, 3.63) is 63.6 Å². The highest BCUT2D eigenvalue weighted by molar-refractivity contribution is 5.92. The summed E-state index contributed by atoms with van der Waals surface area (Å²) in [4.78, 5) is 28.2. The van der Waals surface area contributed by atoms with E-state index in [2.05, 4.69) is 53.3 Å². The van der Waals surface area contributed by atoms with Gasteiger partial charge in [-0.2, -0.15) is 5.10 Å². The van der Waals surface area contributed by atoms with Gasteiger partial charge in [0.25, 0.3) is 11.5 Å². The third-order valence-corrected chi connectivity index (χ3v) is 5.59. The van der Waals surface area contributed by atoms with Crippen LogP contribution in [-0.4, -0.2) is 52.6 Å². The van der Waals surface area contributed by atoms with E-state index in [9.17, 15) is 9.59 Å². The zero-order chi connectivity index (χ0) is 17.6. The molecule has 3 atom stereocenters. The van der Waals surface area contributed by atoms with E-state index in [4.69, 9.17) is 0 Å². The first kappa shape index (κ1) is 18.6. The minimum atomic E-state index is -0.295. The molecule has 1 N–H and O–H groups in total. The molecule has 6 nitrogen and oxygen atoms in total. The van der Waals surface area contributed by atoms with E-state index in [1.165, 1.54) is 23.3 Å². The first-order valence-electron chi connectivity index (χ1n) is 8.65. The number of aromatic amines is 1. The van der Waals surface area contributed by atoms with Gasteiger partial charge in [0.05, 0.1) is 0 Å². The molecule has 2 aromatic rings. The summed E-state index contributed by atoms with van der Waals surface area (Å²) >= 11 is 0. The van der Waals surface area contributed by atoms with E-state index in [0.29, 0.717) is 23.6 Å². The van der Waals surface area contributed by atoms with E-state index in [1.54, 1.807) is 0 Å². The number of halogens is 1. The second-order valence-electron chi connectivity index (χ2n) is 7.18. The maximum Gasteiger partial charge on any atom is 0.274 e. The molecule has 26 heavy (non-hydrogen) atoms. The van der Waals surface area contributed by atoms with Gasteiger partial charge in [0.15, 0.2) is 0 Å². The SMILES string of the molecule is Cc1ccccc1[C@H]1[C@@H]2CN(C(=O)c3ccc(=O)[nH]n3)C[C@@H]2CN1C.Cl. The average Bonchev–Trinajstić information content (AvgIpc) is 3.12. The molecule has 2 aliphatic rings. The van der Waals surface area contributed by atoms with Crippen molar-refractivity contribution in [2.75, 3.05) is 26.7 Å². The summed E-state index contributed by atoms with van der Waals surface area (Å²) in [6, 6.07) is 11.7. The van der Waals surface area contributed by atoms with Crippen molar-refractivity contribution < 1.29 is 4.79 Å². The molecule has 0 radical (unpaired) electrons. The number of rotatable bonds is 2. The van der Waals surface area contributed by atoms with Gasteiger partial charge in [-0.25, -0.2) is 5.10 Å². The molecule has 1 aromatic heterocycles. The molecule has 2 aliphatic heterocycles. The summed E-state index contributed by atoms with van der Waals surface area (Å²) in [5.41, 5.74) is 2.66. The monoisotopic (exact) mass is 374 g/mol. The number of amides is 1. The maximum atomic E-state index is 12.7. The van der Waals surface area contributed by atoms with Crippen LogP contribution in [0.15, 0.2) is 41.2 Å². The molecule has 0 aliphatic carbocycles. The normalized spacial score (nSPS) is 25.0. The Morgan fingerprint density at radius 2 is 1.92 bits per heavy atom. The molecule has 138 valence electrons. The summed E-state index contributed by atoms with van der Waals surface area (Å²) in [6.07, 6.45) is 0. The van der Waals surface area contributed by atoms with E-state index in [0.717, 1.165) is 19.6 Å². The van der Waals surface area contributed by atoms with Crippen molar-refractivity contribution in [3.63, 3.8) is 0 Å². The largest absolute Gasteiger partial charge is 0.337 e. The Hall–Kier alpha value is -2.18. The number of aryl methyl sites for hydroxylation is 1. The van der Waals surface area contributed by atoms with Gasteiger partial charge in [-0.05, 0) is 37.1 Å². The molecule has 0 unspecified atom stereocenters. The van der Waals surface area contributed by atoms with Gasteiger partial charge in [0.1, 0.15) is 5.69 Å². The fraction of sp³-hybridized carbons (Fsp3) is 0.421. The number of carbonyl (C=O) groups is 1. The first-order chi connectivity index (χ1) is 12.0. The fourth-order valence-corrected chi connectivity index (χ4v) is 4.44. The molecule has 4 rings (SSSR count). The fourth-order valence-electron chi connectivity index (χ4n) is 4.44. The van der Waals surface area contributed by atoms with E-state index >= 15 is 0 Å². The van der Waals surface area contributed by atoms with Gasteiger partial charge in [0, 0.05) is 37.7 Å². The smallest absolute Gasteiger partial charge is 0.274 e. The number of hydrogen-bond donors (Lipinski definition) is 1. The number of aromatic nitrogens is 2. The van der Waals surface area contributed by atoms with Crippen LogP contribution in [0.4, 0.5) is 0 Å². The second kappa shape index (κ2) is 7.21. The number of carbonyl (C=O) groups excluding carboxylic acids is 1. The Kier molecular flexibility index (Phi) is 5.16. The number of nitrogens with zero attached hydrogens (tertiary/aromatic N) is 3. The van der Waals surface area contributed by atoms with Crippen LogP contribution >= 0.6 is 12.4 Å². The third kappa shape index (κ3) is 3.15. The van der Waals surface area contributed by atoms with Crippen molar-refractivity contribution in [2.24, 2.45) is 11.8 Å². The molecule has 0 spiro atoms. The number of benzene rings is 1. The van der Waals surface area contributed by atoms with Crippen molar-refractivity contribution in [3.8, 4) is 0 Å². The van der Waals surface area contributed by atoms with Crippen LogP contribution < -0.4 is 5.56 Å². The predicted octanol–water partition coefficient (Wildman–Crippen LogP) is 1.88. The maximum absolute atomic E-state index is 12.7. The number of H-pyrrole nitrogens is 1. The number of likely N-dealkylation sites (tertiary alicyclic amines) is 2. The van der Waals surface area contributed by atoms with Crippen molar-refractivity contribution in [1.82, 2.24) is 20.0 Å². The number of nitrogens with one attached hydrogen (secondary N) is 1. The average molecular weight is 375 g/mol. The van der Waals surface area contributed by atoms with E-state index < -0.39 is 0 Å². The van der Waals surface area contributed by atoms with E-state index in [-0.39, 0.29) is 23.9 Å². The highest BCUT2D eigenvalue weighted by Crippen LogP contribution is 2.44. The molecule has 1 aromatic carbocycles. The van der Waals surface area contributed by atoms with Crippen LogP contribution in [0.2, 0.25) is 0 Å². The zero-order valence-electron chi connectivity index (χ0n) is 14.9. The third-order valence-electron chi connectivity index (χ3n) is 5.59. The minimum absolute atomic E-state index is 0. The highest BCUT2D eigenvalue weighted by Gasteiger charge is 2.47. The lowest BCUT2D eigenvalue weighted by molar-refractivity contribution is 0.0760. The number of hydrogen-bond acceptors (Lipinski definition) is 4. The lowest BCUT2D eigenvalue weighted by Crippen LogP contribution is -2.34. The molecule has 2 fully saturated rings. The van der Waals surface area contributed by atoms with Crippen LogP contribution in [-0.2, 0) is 0 Å². The van der Waals surface area contributed by atoms with Crippen LogP contribution in [0.3, 0.4) is 0 Å². The highest BCUT2D eigenvalue weighted by atomic mass is 35.5. The summed E-state index contributed by atoms with van der Waals surface area (Å²) in [7, 11) is 2.17. The standard InChI is InChI=1S/C19H22N4O2.ClH/c1-12-5-3-4-6-14(12)18-15-11-23(10-13(15)9-22(18)2)19(25)16-7-8-17(24)21-20-16;/h3-8,13,15,18H,9-11H2,1-2H3,(H,21,24);1H/t13-,15+,18-;/m0./s1. The van der Waals surface area contributed by atoms with Gasteiger partial charge in [0.2, 0.25) is 0 Å². The first-order valence-corrected chi connectivity index (χ1v) is 8.65. The molecule has 3 heterocycles. The Labute approximate surface area is 158 Å². The van der Waals surface area contributed by atoms with Crippen molar-refractivity contribution in [2.45, 2.75) is 13.0 Å². The molecule has 2 saturated heterocycles. The topological polar surface area (TPSA) is 69.3 Å². The summed E-state index contributed by atoms with van der Waals surface area (Å²) in [5.74, 6) is 0.802. The van der Waals surface area contributed by atoms with Gasteiger partial charge in [-0.3, -0.25) is 14.5 Å². The molecule has 7 heteroatoms. The predicted molar refractivity (Wildman–Crippen MR) is 102 cm³/mol. The van der Waals surface area contributed by atoms with Gasteiger partial charge in [-0.15, -0.1) is 12.4 Å². The molecular weight excluding hydrogens is 352 g/mol. The van der Waals surface area contributed by atoms with Crippen LogP contribution in [0.25, 0.3) is 0 Å². The molecular formula is C19H23ClN4O2. The van der Waals surface area contributed by atoms with Gasteiger partial charge >= 0.3 is 0 Å². The summed E-state index contributed by atoms with van der Waals surface area (Å²) in [6.45, 7) is 4.62.